The second-order valence-corrected chi connectivity index (χ2v) is 13.0. The molecule has 0 amide bonds. The number of aryl methyl sites for hydroxylation is 4. The summed E-state index contributed by atoms with van der Waals surface area (Å²) in [5, 5.41) is 10.5. The number of ether oxygens (including phenoxy) is 2. The summed E-state index contributed by atoms with van der Waals surface area (Å²) in [4.78, 5) is 29.0. The van der Waals surface area contributed by atoms with E-state index in [9.17, 15) is 9.90 Å². The predicted molar refractivity (Wildman–Crippen MR) is 176 cm³/mol. The summed E-state index contributed by atoms with van der Waals surface area (Å²) < 4.78 is 12.1. The molecule has 2 aliphatic heterocycles. The first-order chi connectivity index (χ1) is 21.4. The fourth-order valence-corrected chi connectivity index (χ4v) is 6.52. The molecule has 234 valence electrons. The second kappa shape index (κ2) is 11.8. The quantitative estimate of drug-likeness (QED) is 0.251. The fraction of sp³-hybridized carbons (Fsp3) is 0.389. The van der Waals surface area contributed by atoms with E-state index in [1.165, 1.54) is 11.1 Å². The van der Waals surface area contributed by atoms with Crippen molar-refractivity contribution < 1.29 is 19.4 Å². The van der Waals surface area contributed by atoms with Gasteiger partial charge in [0.2, 0.25) is 0 Å². The van der Waals surface area contributed by atoms with Crippen LogP contribution in [0.1, 0.15) is 72.8 Å². The van der Waals surface area contributed by atoms with Crippen LogP contribution >= 0.6 is 0 Å². The third-order valence-electron chi connectivity index (χ3n) is 8.39. The van der Waals surface area contributed by atoms with E-state index in [2.05, 4.69) is 39.1 Å². The largest absolute Gasteiger partial charge is 0.493 e. The van der Waals surface area contributed by atoms with E-state index in [4.69, 9.17) is 20.2 Å². The van der Waals surface area contributed by atoms with Gasteiger partial charge in [-0.05, 0) is 101 Å². The summed E-state index contributed by atoms with van der Waals surface area (Å²) in [6.07, 6.45) is 1.39. The summed E-state index contributed by atoms with van der Waals surface area (Å²) in [5.74, 6) is 1.84. The zero-order chi connectivity index (χ0) is 32.0. The van der Waals surface area contributed by atoms with E-state index < -0.39 is 17.7 Å². The number of benzene rings is 2. The number of hydrogen-bond donors (Lipinski definition) is 2. The van der Waals surface area contributed by atoms with Crippen molar-refractivity contribution >= 4 is 17.6 Å². The molecule has 45 heavy (non-hydrogen) atoms. The Balaban J connectivity index is 1.51. The maximum atomic E-state index is 12.8. The molecule has 6 rings (SSSR count). The Morgan fingerprint density at radius 2 is 1.69 bits per heavy atom. The average molecular weight is 608 g/mol. The van der Waals surface area contributed by atoms with Crippen LogP contribution in [0.15, 0.2) is 42.5 Å². The van der Waals surface area contributed by atoms with Crippen molar-refractivity contribution in [3.63, 3.8) is 0 Å². The molecule has 0 aliphatic carbocycles. The van der Waals surface area contributed by atoms with Gasteiger partial charge in [0.1, 0.15) is 23.2 Å². The maximum absolute atomic E-state index is 12.8. The predicted octanol–water partition coefficient (Wildman–Crippen LogP) is 6.54. The van der Waals surface area contributed by atoms with Crippen LogP contribution in [0.5, 0.6) is 5.75 Å². The van der Waals surface area contributed by atoms with Gasteiger partial charge < -0.3 is 25.2 Å². The minimum absolute atomic E-state index is 0.351. The number of nitrogens with two attached hydrogens (primary N) is 1. The number of carbonyl (C=O) groups is 1. The van der Waals surface area contributed by atoms with Crippen LogP contribution in [0.2, 0.25) is 0 Å². The molecule has 2 aromatic heterocycles. The minimum atomic E-state index is -1.25. The van der Waals surface area contributed by atoms with Crippen molar-refractivity contribution in [3.05, 3.63) is 81.9 Å². The fourth-order valence-electron chi connectivity index (χ4n) is 6.52. The van der Waals surface area contributed by atoms with Crippen LogP contribution < -0.4 is 15.4 Å². The van der Waals surface area contributed by atoms with Crippen molar-refractivity contribution in [1.82, 2.24) is 15.0 Å². The molecule has 0 spiro atoms. The van der Waals surface area contributed by atoms with E-state index in [0.717, 1.165) is 77.7 Å². The lowest BCUT2D eigenvalue weighted by Crippen LogP contribution is -2.31. The zero-order valence-electron chi connectivity index (χ0n) is 26.9. The lowest BCUT2D eigenvalue weighted by atomic mass is 9.85. The summed E-state index contributed by atoms with van der Waals surface area (Å²) in [7, 11) is 0. The van der Waals surface area contributed by atoms with Gasteiger partial charge in [-0.2, -0.15) is 0 Å². The van der Waals surface area contributed by atoms with Gasteiger partial charge in [-0.1, -0.05) is 24.3 Å². The first-order valence-corrected chi connectivity index (χ1v) is 15.5. The molecule has 4 heterocycles. The molecule has 0 unspecified atom stereocenters. The van der Waals surface area contributed by atoms with Crippen LogP contribution in [0, 0.1) is 20.8 Å². The molecule has 3 N–H and O–H groups in total. The molecular weight excluding hydrogens is 566 g/mol. The number of anilines is 2. The van der Waals surface area contributed by atoms with Crippen molar-refractivity contribution in [3.8, 4) is 28.0 Å². The van der Waals surface area contributed by atoms with E-state index in [1.54, 1.807) is 6.92 Å². The van der Waals surface area contributed by atoms with Crippen molar-refractivity contribution in [2.75, 3.05) is 23.8 Å². The highest BCUT2D eigenvalue weighted by molar-refractivity contribution is 5.95. The number of aliphatic carboxylic acids is 1. The first kappa shape index (κ1) is 30.5. The third-order valence-corrected chi connectivity index (χ3v) is 8.39. The van der Waals surface area contributed by atoms with Gasteiger partial charge in [0.15, 0.2) is 6.10 Å². The smallest absolute Gasteiger partial charge is 0.337 e. The number of hydrogen-bond acceptors (Lipinski definition) is 8. The number of aromatic nitrogens is 3. The van der Waals surface area contributed by atoms with Gasteiger partial charge in [0.05, 0.1) is 12.2 Å². The summed E-state index contributed by atoms with van der Waals surface area (Å²) in [6.45, 7) is 13.5. The molecule has 9 heteroatoms. The molecular formula is C36H41N5O4. The summed E-state index contributed by atoms with van der Waals surface area (Å²) in [5.41, 5.74) is 14.8. The Morgan fingerprint density at radius 1 is 0.956 bits per heavy atom. The number of pyridine rings is 1. The van der Waals surface area contributed by atoms with Crippen LogP contribution in [0.3, 0.4) is 0 Å². The molecule has 0 fully saturated rings. The molecule has 2 aromatic carbocycles. The Morgan fingerprint density at radius 3 is 2.42 bits per heavy atom. The second-order valence-electron chi connectivity index (χ2n) is 13.0. The van der Waals surface area contributed by atoms with E-state index in [0.29, 0.717) is 29.2 Å². The Kier molecular flexibility index (Phi) is 7.99. The summed E-state index contributed by atoms with van der Waals surface area (Å²) in [6, 6.07) is 14.5. The molecule has 0 radical (unpaired) electrons. The number of nitrogen functional groups attached to an aromatic ring is 1. The van der Waals surface area contributed by atoms with Crippen molar-refractivity contribution in [2.24, 2.45) is 0 Å². The molecule has 0 saturated heterocycles. The Hall–Kier alpha value is -4.50. The number of rotatable bonds is 6. The maximum Gasteiger partial charge on any atom is 0.337 e. The number of carboxylic acid groups (broad SMARTS) is 1. The number of fused-ring (bicyclic) bond motifs is 2. The van der Waals surface area contributed by atoms with Gasteiger partial charge in [-0.25, -0.2) is 19.7 Å². The average Bonchev–Trinajstić information content (AvgIpc) is 2.98. The highest BCUT2D eigenvalue weighted by atomic mass is 16.5. The van der Waals surface area contributed by atoms with E-state index in [-0.39, 0.29) is 0 Å². The molecule has 4 aromatic rings. The van der Waals surface area contributed by atoms with E-state index in [1.807, 2.05) is 52.8 Å². The third kappa shape index (κ3) is 6.22. The molecule has 1 atom stereocenters. The lowest BCUT2D eigenvalue weighted by Gasteiger charge is -2.31. The highest BCUT2D eigenvalue weighted by Crippen LogP contribution is 2.45. The molecule has 0 saturated carbocycles. The zero-order valence-corrected chi connectivity index (χ0v) is 26.9. The van der Waals surface area contributed by atoms with Crippen molar-refractivity contribution in [2.45, 2.75) is 79.1 Å². The van der Waals surface area contributed by atoms with Crippen LogP contribution in [-0.4, -0.2) is 44.8 Å². The van der Waals surface area contributed by atoms with Crippen LogP contribution in [0.4, 0.5) is 11.6 Å². The topological polar surface area (TPSA) is 124 Å². The highest BCUT2D eigenvalue weighted by Gasteiger charge is 2.34. The molecule has 9 nitrogen and oxygen atoms in total. The molecule has 0 bridgehead atoms. The monoisotopic (exact) mass is 607 g/mol. The van der Waals surface area contributed by atoms with Gasteiger partial charge in [0.25, 0.3) is 0 Å². The van der Waals surface area contributed by atoms with Gasteiger partial charge >= 0.3 is 5.97 Å². The van der Waals surface area contributed by atoms with Crippen LogP contribution in [-0.2, 0) is 28.9 Å². The number of nitrogens with zero attached hydrogens (tertiary/aromatic N) is 4. The standard InChI is InChI=1S/C36H41N5O4/c1-20-16-29(40-22(3)38-20)41-14-13-23-17-26(9-10-27(23)19-41)32-31(25-11-12-28-24(18-25)8-7-15-44-28)30(21(2)39-34(32)37)33(35(42)43)45-36(4,5)6/h9-12,16-18,33H,7-8,13-15,19H2,1-6H3,(H2,37,39)(H,42,43)/t33-/m0/s1. The van der Waals surface area contributed by atoms with Gasteiger partial charge in [-0.3, -0.25) is 0 Å². The lowest BCUT2D eigenvalue weighted by molar-refractivity contribution is -0.160. The van der Waals surface area contributed by atoms with Gasteiger partial charge in [-0.15, -0.1) is 0 Å². The Bertz CT molecular complexity index is 1780. The number of carboxylic acids is 1. The summed E-state index contributed by atoms with van der Waals surface area (Å²) >= 11 is 0. The van der Waals surface area contributed by atoms with E-state index >= 15 is 0 Å². The first-order valence-electron chi connectivity index (χ1n) is 15.5. The van der Waals surface area contributed by atoms with Crippen LogP contribution in [0.25, 0.3) is 22.3 Å². The SMILES string of the molecule is Cc1cc(N2CCc3cc(-c4c(N)nc(C)c([C@H](OC(C)(C)C)C(=O)O)c4-c4ccc5c(c4)CCCO5)ccc3C2)nc(C)n1. The minimum Gasteiger partial charge on any atom is -0.493 e. The Labute approximate surface area is 264 Å². The normalized spacial score (nSPS) is 15.2. The van der Waals surface area contributed by atoms with Gasteiger partial charge in [0, 0.05) is 47.2 Å². The molecule has 2 aliphatic rings. The van der Waals surface area contributed by atoms with Crippen molar-refractivity contribution in [1.29, 1.82) is 0 Å².